The molecule has 0 amide bonds. The lowest BCUT2D eigenvalue weighted by molar-refractivity contribution is -0.132. The predicted molar refractivity (Wildman–Crippen MR) is 39.9 cm³/mol. The number of fused-ring (bicyclic) bond motifs is 1. The van der Waals surface area contributed by atoms with Gasteiger partial charge in [-0.15, -0.1) is 0 Å². The topological polar surface area (TPSA) is 37.3 Å². The van der Waals surface area contributed by atoms with E-state index in [1.807, 2.05) is 0 Å². The lowest BCUT2D eigenvalue weighted by Gasteiger charge is -2.29. The van der Waals surface area contributed by atoms with Gasteiger partial charge in [0.2, 0.25) is 0 Å². The van der Waals surface area contributed by atoms with Crippen LogP contribution in [0.25, 0.3) is 0 Å². The number of hydrogen-bond donors (Lipinski definition) is 1. The number of rotatable bonds is 0. The normalized spacial score (nSPS) is 52.4. The third-order valence-electron chi connectivity index (χ3n) is 2.64. The van der Waals surface area contributed by atoms with Crippen LogP contribution in [-0.4, -0.2) is 21.8 Å². The molecule has 0 saturated heterocycles. The molecule has 56 valence electrons. The highest BCUT2D eigenvalue weighted by Gasteiger charge is 2.51. The Hall–Kier alpha value is 0.110. The van der Waals surface area contributed by atoms with Crippen LogP contribution in [0.5, 0.6) is 0 Å². The minimum absolute atomic E-state index is 0.176. The van der Waals surface area contributed by atoms with E-state index in [-0.39, 0.29) is 16.8 Å². The van der Waals surface area contributed by atoms with Gasteiger partial charge in [-0.05, 0) is 12.3 Å². The second-order valence-corrected chi connectivity index (χ2v) is 4.25. The minimum Gasteiger partial charge on any atom is -0.392 e. The Kier molecular flexibility index (Phi) is 1.39. The van der Waals surface area contributed by atoms with Crippen LogP contribution in [-0.2, 0) is 4.79 Å². The van der Waals surface area contributed by atoms with Gasteiger partial charge in [-0.25, -0.2) is 0 Å². The van der Waals surface area contributed by atoms with Crippen LogP contribution < -0.4 is 0 Å². The number of Topliss-reactive ketones (excluding diaryl/α,β-unsaturated/α-hetero) is 1. The molecule has 2 aliphatic rings. The third kappa shape index (κ3) is 0.705. The monoisotopic (exact) mass is 204 g/mol. The van der Waals surface area contributed by atoms with Crippen LogP contribution in [0.15, 0.2) is 0 Å². The highest BCUT2D eigenvalue weighted by Crippen LogP contribution is 2.47. The van der Waals surface area contributed by atoms with E-state index in [1.54, 1.807) is 0 Å². The zero-order valence-electron chi connectivity index (χ0n) is 5.46. The van der Waals surface area contributed by atoms with Crippen molar-refractivity contribution in [3.8, 4) is 0 Å². The van der Waals surface area contributed by atoms with Gasteiger partial charge in [0, 0.05) is 17.2 Å². The number of ketones is 1. The maximum absolute atomic E-state index is 10.9. The molecule has 0 spiro atoms. The summed E-state index contributed by atoms with van der Waals surface area (Å²) in [5.74, 6) is 0.952. The first-order valence-corrected chi connectivity index (χ1v) is 4.46. The van der Waals surface area contributed by atoms with Gasteiger partial charge >= 0.3 is 0 Å². The Morgan fingerprint density at radius 3 is 2.70 bits per heavy atom. The Morgan fingerprint density at radius 1 is 1.60 bits per heavy atom. The second-order valence-electron chi connectivity index (χ2n) is 3.19. The molecule has 0 bridgehead atoms. The standard InChI is InChI=1S/C7H9BrO2/c8-7-4-2-5(9)3(4)1-6(7)10/h3-4,6-7,10H,1-2H2/t3-,4-,6?,7+/m1/s1. The molecule has 1 unspecified atom stereocenters. The molecule has 10 heavy (non-hydrogen) atoms. The largest absolute Gasteiger partial charge is 0.392 e. The Labute approximate surface area is 67.7 Å². The maximum atomic E-state index is 10.9. The smallest absolute Gasteiger partial charge is 0.136 e. The fraction of sp³-hybridized carbons (Fsp3) is 0.857. The van der Waals surface area contributed by atoms with Gasteiger partial charge in [0.1, 0.15) is 5.78 Å². The molecule has 0 heterocycles. The third-order valence-corrected chi connectivity index (χ3v) is 3.93. The molecule has 0 aromatic carbocycles. The fourth-order valence-electron chi connectivity index (χ4n) is 1.92. The predicted octanol–water partition coefficient (Wildman–Crippen LogP) is 0.720. The number of alkyl halides is 1. The molecule has 4 atom stereocenters. The zero-order chi connectivity index (χ0) is 7.30. The van der Waals surface area contributed by atoms with Gasteiger partial charge in [0.05, 0.1) is 6.10 Å². The van der Waals surface area contributed by atoms with E-state index in [1.165, 1.54) is 0 Å². The number of hydrogen-bond acceptors (Lipinski definition) is 2. The zero-order valence-corrected chi connectivity index (χ0v) is 7.04. The van der Waals surface area contributed by atoms with Crippen LogP contribution in [0.1, 0.15) is 12.8 Å². The van der Waals surface area contributed by atoms with Gasteiger partial charge in [-0.3, -0.25) is 4.79 Å². The van der Waals surface area contributed by atoms with Gasteiger partial charge in [-0.2, -0.15) is 0 Å². The number of aliphatic hydroxyl groups excluding tert-OH is 1. The van der Waals surface area contributed by atoms with Crippen LogP contribution in [0.3, 0.4) is 0 Å². The van der Waals surface area contributed by atoms with E-state index in [9.17, 15) is 9.90 Å². The van der Waals surface area contributed by atoms with Crippen LogP contribution >= 0.6 is 15.9 Å². The number of carbonyl (C=O) groups is 1. The van der Waals surface area contributed by atoms with Crippen molar-refractivity contribution in [2.45, 2.75) is 23.8 Å². The molecule has 2 saturated carbocycles. The molecule has 2 fully saturated rings. The van der Waals surface area contributed by atoms with Crippen LogP contribution in [0.4, 0.5) is 0 Å². The summed E-state index contributed by atoms with van der Waals surface area (Å²) in [6.07, 6.45) is 1.07. The average molecular weight is 205 g/mol. The average Bonchev–Trinajstić information content (AvgIpc) is 2.12. The van der Waals surface area contributed by atoms with E-state index < -0.39 is 0 Å². The molecule has 0 aromatic heterocycles. The summed E-state index contributed by atoms with van der Waals surface area (Å²) in [6.45, 7) is 0. The molecule has 2 aliphatic carbocycles. The molecule has 0 radical (unpaired) electrons. The van der Waals surface area contributed by atoms with Crippen molar-refractivity contribution in [3.63, 3.8) is 0 Å². The highest BCUT2D eigenvalue weighted by molar-refractivity contribution is 9.09. The summed E-state index contributed by atoms with van der Waals surface area (Å²) in [4.78, 5) is 11.0. The SMILES string of the molecule is O=C1C[C@H]2[C@H](Br)C(O)C[C@@H]12. The van der Waals surface area contributed by atoms with Crippen LogP contribution in [0.2, 0.25) is 0 Å². The fourth-order valence-corrected chi connectivity index (χ4v) is 2.69. The first kappa shape index (κ1) is 6.80. The molecule has 0 aliphatic heterocycles. The van der Waals surface area contributed by atoms with Crippen molar-refractivity contribution in [1.29, 1.82) is 0 Å². The molecule has 1 N–H and O–H groups in total. The molecule has 2 rings (SSSR count). The summed E-state index contributed by atoms with van der Waals surface area (Å²) in [5.41, 5.74) is 0. The lowest BCUT2D eigenvalue weighted by atomic mass is 9.75. The number of halogens is 1. The Bertz CT molecular complexity index is 180. The van der Waals surface area contributed by atoms with E-state index in [0.29, 0.717) is 24.5 Å². The Balaban J connectivity index is 2.13. The summed E-state index contributed by atoms with van der Waals surface area (Å²) in [6, 6.07) is 0. The summed E-state index contributed by atoms with van der Waals surface area (Å²) >= 11 is 3.39. The number of aliphatic hydroxyl groups is 1. The quantitative estimate of drug-likeness (QED) is 0.591. The highest BCUT2D eigenvalue weighted by atomic mass is 79.9. The summed E-state index contributed by atoms with van der Waals surface area (Å²) in [5, 5.41) is 9.30. The molecule has 3 heteroatoms. The Morgan fingerprint density at radius 2 is 2.30 bits per heavy atom. The van der Waals surface area contributed by atoms with E-state index in [4.69, 9.17) is 0 Å². The molecular formula is C7H9BrO2. The van der Waals surface area contributed by atoms with Crippen molar-refractivity contribution in [1.82, 2.24) is 0 Å². The summed E-state index contributed by atoms with van der Waals surface area (Å²) < 4.78 is 0. The van der Waals surface area contributed by atoms with Crippen molar-refractivity contribution >= 4 is 21.7 Å². The van der Waals surface area contributed by atoms with Crippen molar-refractivity contribution < 1.29 is 9.90 Å². The molecule has 2 nitrogen and oxygen atoms in total. The van der Waals surface area contributed by atoms with Crippen LogP contribution in [0, 0.1) is 11.8 Å². The van der Waals surface area contributed by atoms with E-state index >= 15 is 0 Å². The second kappa shape index (κ2) is 2.05. The first-order valence-electron chi connectivity index (χ1n) is 3.55. The summed E-state index contributed by atoms with van der Waals surface area (Å²) in [7, 11) is 0. The maximum Gasteiger partial charge on any atom is 0.136 e. The van der Waals surface area contributed by atoms with E-state index in [0.717, 1.165) is 0 Å². The lowest BCUT2D eigenvalue weighted by Crippen LogP contribution is -2.36. The van der Waals surface area contributed by atoms with Crippen molar-refractivity contribution in [2.24, 2.45) is 11.8 Å². The number of carbonyl (C=O) groups excluding carboxylic acids is 1. The van der Waals surface area contributed by atoms with Crippen molar-refractivity contribution in [2.75, 3.05) is 0 Å². The van der Waals surface area contributed by atoms with Gasteiger partial charge in [-0.1, -0.05) is 15.9 Å². The van der Waals surface area contributed by atoms with Gasteiger partial charge in [0.15, 0.2) is 0 Å². The van der Waals surface area contributed by atoms with Gasteiger partial charge in [0.25, 0.3) is 0 Å². The molecular weight excluding hydrogens is 196 g/mol. The first-order chi connectivity index (χ1) is 4.70. The van der Waals surface area contributed by atoms with Gasteiger partial charge < -0.3 is 5.11 Å². The molecule has 0 aromatic rings. The van der Waals surface area contributed by atoms with Crippen molar-refractivity contribution in [3.05, 3.63) is 0 Å². The minimum atomic E-state index is -0.290. The van der Waals surface area contributed by atoms with E-state index in [2.05, 4.69) is 15.9 Å².